The van der Waals surface area contributed by atoms with Gasteiger partial charge in [0.15, 0.2) is 11.2 Å². The van der Waals surface area contributed by atoms with E-state index in [0.29, 0.717) is 5.13 Å². The van der Waals surface area contributed by atoms with Gasteiger partial charge in [-0.25, -0.2) is 4.98 Å². The lowest BCUT2D eigenvalue weighted by molar-refractivity contribution is -0.126. The van der Waals surface area contributed by atoms with E-state index in [0.717, 1.165) is 5.56 Å². The third kappa shape index (κ3) is 2.89. The van der Waals surface area contributed by atoms with E-state index in [9.17, 15) is 4.79 Å². The van der Waals surface area contributed by atoms with Crippen LogP contribution in [-0.2, 0) is 9.53 Å². The van der Waals surface area contributed by atoms with Crippen LogP contribution >= 0.6 is 11.3 Å². The Hall–Kier alpha value is -1.72. The minimum Gasteiger partial charge on any atom is -0.367 e. The second-order valence-electron chi connectivity index (χ2n) is 3.35. The lowest BCUT2D eigenvalue weighted by Gasteiger charge is -2.14. The Morgan fingerprint density at radius 2 is 2.18 bits per heavy atom. The molecule has 0 saturated heterocycles. The number of rotatable bonds is 4. The minimum atomic E-state index is -0.611. The van der Waals surface area contributed by atoms with Crippen molar-refractivity contribution >= 4 is 22.4 Å². The molecular formula is C12H12N2O2S. The number of carbonyl (C=O) groups is 1. The van der Waals surface area contributed by atoms with Gasteiger partial charge < -0.3 is 4.74 Å². The maximum Gasteiger partial charge on any atom is 0.259 e. The summed E-state index contributed by atoms with van der Waals surface area (Å²) in [6.07, 6.45) is 1.03. The molecule has 5 heteroatoms. The average molecular weight is 248 g/mol. The topological polar surface area (TPSA) is 51.2 Å². The first kappa shape index (κ1) is 11.8. The standard InChI is InChI=1S/C12H12N2O2S/c1-16-10(9-5-3-2-4-6-9)11(15)14-12-13-7-8-17-12/h2-8,10H,1H3,(H,13,14,15)/t10-/m0/s1. The van der Waals surface area contributed by atoms with Crippen LogP contribution in [0.4, 0.5) is 5.13 Å². The summed E-state index contributed by atoms with van der Waals surface area (Å²) in [6.45, 7) is 0. The van der Waals surface area contributed by atoms with Crippen molar-refractivity contribution in [2.24, 2.45) is 0 Å². The molecule has 88 valence electrons. The van der Waals surface area contributed by atoms with Crippen molar-refractivity contribution < 1.29 is 9.53 Å². The molecule has 0 aliphatic rings. The first-order valence-corrected chi connectivity index (χ1v) is 5.97. The van der Waals surface area contributed by atoms with Gasteiger partial charge in [0, 0.05) is 18.7 Å². The quantitative estimate of drug-likeness (QED) is 0.904. The lowest BCUT2D eigenvalue weighted by Crippen LogP contribution is -2.22. The smallest absolute Gasteiger partial charge is 0.259 e. The van der Waals surface area contributed by atoms with E-state index in [4.69, 9.17) is 4.74 Å². The highest BCUT2D eigenvalue weighted by Gasteiger charge is 2.20. The SMILES string of the molecule is CO[C@H](C(=O)Nc1nccs1)c1ccccc1. The van der Waals surface area contributed by atoms with Crippen molar-refractivity contribution in [3.63, 3.8) is 0 Å². The number of nitrogens with one attached hydrogen (secondary N) is 1. The molecule has 2 rings (SSSR count). The van der Waals surface area contributed by atoms with Crippen LogP contribution < -0.4 is 5.32 Å². The number of hydrogen-bond acceptors (Lipinski definition) is 4. The largest absolute Gasteiger partial charge is 0.367 e. The number of ether oxygens (including phenoxy) is 1. The van der Waals surface area contributed by atoms with Gasteiger partial charge in [-0.15, -0.1) is 11.3 Å². The van der Waals surface area contributed by atoms with Gasteiger partial charge in [-0.3, -0.25) is 10.1 Å². The summed E-state index contributed by atoms with van der Waals surface area (Å²) in [6, 6.07) is 9.36. The molecule has 0 aliphatic heterocycles. The number of hydrogen-bond donors (Lipinski definition) is 1. The van der Waals surface area contributed by atoms with Crippen LogP contribution in [0.2, 0.25) is 0 Å². The molecule has 1 N–H and O–H groups in total. The van der Waals surface area contributed by atoms with Gasteiger partial charge >= 0.3 is 0 Å². The number of methoxy groups -OCH3 is 1. The van der Waals surface area contributed by atoms with Gasteiger partial charge in [-0.1, -0.05) is 30.3 Å². The molecule has 0 saturated carbocycles. The minimum absolute atomic E-state index is 0.214. The number of anilines is 1. The Balaban J connectivity index is 2.11. The predicted molar refractivity (Wildman–Crippen MR) is 66.9 cm³/mol. The van der Waals surface area contributed by atoms with E-state index in [1.54, 1.807) is 11.6 Å². The number of carbonyl (C=O) groups excluding carboxylic acids is 1. The third-order valence-electron chi connectivity index (χ3n) is 2.24. The zero-order chi connectivity index (χ0) is 12.1. The second-order valence-corrected chi connectivity index (χ2v) is 4.25. The van der Waals surface area contributed by atoms with Crippen LogP contribution in [-0.4, -0.2) is 18.0 Å². The molecule has 0 spiro atoms. The summed E-state index contributed by atoms with van der Waals surface area (Å²) in [5.41, 5.74) is 0.823. The molecule has 1 atom stereocenters. The van der Waals surface area contributed by atoms with E-state index in [-0.39, 0.29) is 5.91 Å². The Kier molecular flexibility index (Phi) is 3.85. The van der Waals surface area contributed by atoms with Crippen LogP contribution in [0.1, 0.15) is 11.7 Å². The molecular weight excluding hydrogens is 236 g/mol. The summed E-state index contributed by atoms with van der Waals surface area (Å²) < 4.78 is 5.21. The highest BCUT2D eigenvalue weighted by Crippen LogP contribution is 2.19. The fourth-order valence-electron chi connectivity index (χ4n) is 1.48. The molecule has 0 unspecified atom stereocenters. The van der Waals surface area contributed by atoms with E-state index < -0.39 is 6.10 Å². The molecule has 1 amide bonds. The van der Waals surface area contributed by atoms with Crippen LogP contribution in [0.25, 0.3) is 0 Å². The van der Waals surface area contributed by atoms with E-state index in [1.165, 1.54) is 18.4 Å². The van der Waals surface area contributed by atoms with Gasteiger partial charge in [0.1, 0.15) is 0 Å². The zero-order valence-corrected chi connectivity index (χ0v) is 10.1. The molecule has 1 heterocycles. The number of benzene rings is 1. The maximum absolute atomic E-state index is 12.0. The first-order valence-electron chi connectivity index (χ1n) is 5.09. The van der Waals surface area contributed by atoms with Gasteiger partial charge in [-0.2, -0.15) is 0 Å². The Morgan fingerprint density at radius 1 is 1.41 bits per heavy atom. The molecule has 0 radical (unpaired) electrons. The fraction of sp³-hybridized carbons (Fsp3) is 0.167. The van der Waals surface area contributed by atoms with Gasteiger partial charge in [-0.05, 0) is 5.56 Å². The van der Waals surface area contributed by atoms with E-state index in [1.807, 2.05) is 30.3 Å². The van der Waals surface area contributed by atoms with Crippen molar-refractivity contribution in [3.05, 3.63) is 47.5 Å². The number of thiazole rings is 1. The lowest BCUT2D eigenvalue weighted by atomic mass is 10.1. The highest BCUT2D eigenvalue weighted by atomic mass is 32.1. The fourth-order valence-corrected chi connectivity index (χ4v) is 2.01. The van der Waals surface area contributed by atoms with Gasteiger partial charge in [0.25, 0.3) is 5.91 Å². The summed E-state index contributed by atoms with van der Waals surface area (Å²) >= 11 is 1.38. The predicted octanol–water partition coefficient (Wildman–Crippen LogP) is 2.47. The molecule has 4 nitrogen and oxygen atoms in total. The summed E-state index contributed by atoms with van der Waals surface area (Å²) in [5, 5.41) is 5.10. The van der Waals surface area contributed by atoms with Crippen molar-refractivity contribution in [2.45, 2.75) is 6.10 Å². The van der Waals surface area contributed by atoms with Crippen LogP contribution in [0.5, 0.6) is 0 Å². The summed E-state index contributed by atoms with van der Waals surface area (Å²) in [7, 11) is 1.51. The Morgan fingerprint density at radius 3 is 2.76 bits per heavy atom. The maximum atomic E-state index is 12.0. The molecule has 0 fully saturated rings. The molecule has 1 aromatic heterocycles. The molecule has 1 aromatic carbocycles. The Labute approximate surface area is 103 Å². The van der Waals surface area contributed by atoms with Crippen LogP contribution in [0, 0.1) is 0 Å². The molecule has 0 bridgehead atoms. The number of amides is 1. The van der Waals surface area contributed by atoms with E-state index in [2.05, 4.69) is 10.3 Å². The van der Waals surface area contributed by atoms with Crippen molar-refractivity contribution in [1.82, 2.24) is 4.98 Å². The molecule has 0 aliphatic carbocycles. The zero-order valence-electron chi connectivity index (χ0n) is 9.29. The second kappa shape index (κ2) is 5.56. The van der Waals surface area contributed by atoms with Crippen molar-refractivity contribution in [3.8, 4) is 0 Å². The Bertz CT molecular complexity index is 471. The average Bonchev–Trinajstić information content (AvgIpc) is 2.84. The monoisotopic (exact) mass is 248 g/mol. The van der Waals surface area contributed by atoms with Gasteiger partial charge in [0.2, 0.25) is 0 Å². The van der Waals surface area contributed by atoms with Gasteiger partial charge in [0.05, 0.1) is 0 Å². The van der Waals surface area contributed by atoms with E-state index >= 15 is 0 Å². The summed E-state index contributed by atoms with van der Waals surface area (Å²) in [4.78, 5) is 16.0. The first-order chi connectivity index (χ1) is 8.31. The van der Waals surface area contributed by atoms with Crippen LogP contribution in [0.3, 0.4) is 0 Å². The van der Waals surface area contributed by atoms with Crippen molar-refractivity contribution in [2.75, 3.05) is 12.4 Å². The number of aromatic nitrogens is 1. The normalized spacial score (nSPS) is 12.1. The van der Waals surface area contributed by atoms with Crippen molar-refractivity contribution in [1.29, 1.82) is 0 Å². The highest BCUT2D eigenvalue weighted by molar-refractivity contribution is 7.13. The molecule has 17 heavy (non-hydrogen) atoms. The number of nitrogens with zero attached hydrogens (tertiary/aromatic N) is 1. The molecule has 2 aromatic rings. The summed E-state index contributed by atoms with van der Waals surface area (Å²) in [5.74, 6) is -0.214. The third-order valence-corrected chi connectivity index (χ3v) is 2.93. The van der Waals surface area contributed by atoms with Crippen LogP contribution in [0.15, 0.2) is 41.9 Å².